The van der Waals surface area contributed by atoms with Crippen molar-refractivity contribution in [2.45, 2.75) is 37.1 Å². The zero-order valence-corrected chi connectivity index (χ0v) is 12.7. The molecule has 21 heavy (non-hydrogen) atoms. The fourth-order valence-electron chi connectivity index (χ4n) is 2.94. The quantitative estimate of drug-likeness (QED) is 0.837. The summed E-state index contributed by atoms with van der Waals surface area (Å²) < 4.78 is 27.0. The van der Waals surface area contributed by atoms with Crippen LogP contribution < -0.4 is 5.32 Å². The second-order valence-corrected chi connectivity index (χ2v) is 7.85. The molecule has 1 amide bonds. The lowest BCUT2D eigenvalue weighted by Gasteiger charge is -2.30. The monoisotopic (exact) mass is 308 g/mol. The largest absolute Gasteiger partial charge is 0.318 e. The van der Waals surface area contributed by atoms with Crippen molar-refractivity contribution in [1.82, 2.24) is 4.31 Å². The molecule has 0 atom stereocenters. The maximum Gasteiger partial charge on any atom is 0.296 e. The maximum absolute atomic E-state index is 12.7. The number of ketones is 1. The number of benzene rings is 1. The van der Waals surface area contributed by atoms with Gasteiger partial charge in [-0.05, 0) is 44.9 Å². The standard InChI is InChI=1S/C14H16N2O4S/c1-14(2)6-3-7-16(14)21(19,20)9-4-5-11-10(8-9)12(17)13(18)15-11/h4-5,8H,3,6-7H2,1-2H3,(H,15,17,18). The normalized spacial score (nSPS) is 21.4. The average Bonchev–Trinajstić information content (AvgIpc) is 2.90. The van der Waals surface area contributed by atoms with Crippen LogP contribution in [0.4, 0.5) is 5.69 Å². The van der Waals surface area contributed by atoms with E-state index in [0.717, 1.165) is 12.8 Å². The summed E-state index contributed by atoms with van der Waals surface area (Å²) in [5.74, 6) is -1.41. The fourth-order valence-corrected chi connectivity index (χ4v) is 4.81. The van der Waals surface area contributed by atoms with Crippen LogP contribution in [0.25, 0.3) is 0 Å². The number of hydrogen-bond acceptors (Lipinski definition) is 4. The number of rotatable bonds is 2. The first-order valence-corrected chi connectivity index (χ1v) is 8.20. The smallest absolute Gasteiger partial charge is 0.296 e. The molecular weight excluding hydrogens is 292 g/mol. The van der Waals surface area contributed by atoms with Gasteiger partial charge in [-0.3, -0.25) is 9.59 Å². The summed E-state index contributed by atoms with van der Waals surface area (Å²) in [5.41, 5.74) is 0.0540. The molecule has 1 aromatic rings. The molecule has 0 aromatic heterocycles. The van der Waals surface area contributed by atoms with Crippen LogP contribution >= 0.6 is 0 Å². The number of nitrogens with zero attached hydrogens (tertiary/aromatic N) is 1. The van der Waals surface area contributed by atoms with Gasteiger partial charge in [0, 0.05) is 12.1 Å². The van der Waals surface area contributed by atoms with Gasteiger partial charge in [-0.25, -0.2) is 8.42 Å². The minimum Gasteiger partial charge on any atom is -0.318 e. The van der Waals surface area contributed by atoms with Gasteiger partial charge in [0.2, 0.25) is 10.0 Å². The van der Waals surface area contributed by atoms with E-state index >= 15 is 0 Å². The van der Waals surface area contributed by atoms with E-state index in [1.54, 1.807) is 0 Å². The molecule has 0 bridgehead atoms. The second-order valence-electron chi connectivity index (χ2n) is 5.98. The third-order valence-electron chi connectivity index (χ3n) is 4.10. The van der Waals surface area contributed by atoms with Crippen LogP contribution in [0.1, 0.15) is 37.0 Å². The van der Waals surface area contributed by atoms with E-state index in [4.69, 9.17) is 0 Å². The first kappa shape index (κ1) is 14.2. The molecule has 2 heterocycles. The van der Waals surface area contributed by atoms with E-state index in [1.165, 1.54) is 22.5 Å². The molecule has 0 saturated carbocycles. The molecule has 7 heteroatoms. The van der Waals surface area contributed by atoms with Gasteiger partial charge in [-0.15, -0.1) is 0 Å². The Balaban J connectivity index is 2.06. The third-order valence-corrected chi connectivity index (χ3v) is 6.21. The van der Waals surface area contributed by atoms with E-state index in [1.807, 2.05) is 13.8 Å². The zero-order chi connectivity index (χ0) is 15.4. The van der Waals surface area contributed by atoms with Gasteiger partial charge in [0.05, 0.1) is 16.1 Å². The number of nitrogens with one attached hydrogen (secondary N) is 1. The molecule has 2 aliphatic rings. The van der Waals surface area contributed by atoms with E-state index in [9.17, 15) is 18.0 Å². The predicted octanol–water partition coefficient (Wildman–Crippen LogP) is 1.38. The van der Waals surface area contributed by atoms with Gasteiger partial charge >= 0.3 is 0 Å². The van der Waals surface area contributed by atoms with Crippen molar-refractivity contribution in [3.8, 4) is 0 Å². The molecule has 1 aromatic carbocycles. The molecular formula is C14H16N2O4S. The number of amides is 1. The SMILES string of the molecule is CC1(C)CCCN1S(=O)(=O)c1ccc2c(c1)C(=O)C(=O)N2. The summed E-state index contributed by atoms with van der Waals surface area (Å²) in [6.07, 6.45) is 1.62. The summed E-state index contributed by atoms with van der Waals surface area (Å²) in [5, 5.41) is 2.41. The number of sulfonamides is 1. The van der Waals surface area contributed by atoms with Crippen LogP contribution in [-0.2, 0) is 14.8 Å². The summed E-state index contributed by atoms with van der Waals surface area (Å²) in [6, 6.07) is 4.19. The number of carbonyl (C=O) groups excluding carboxylic acids is 2. The van der Waals surface area contributed by atoms with E-state index < -0.39 is 27.3 Å². The molecule has 1 fully saturated rings. The van der Waals surface area contributed by atoms with Crippen LogP contribution in [0.5, 0.6) is 0 Å². The van der Waals surface area contributed by atoms with Crippen LogP contribution in [0, 0.1) is 0 Å². The number of Topliss-reactive ketones (excluding diaryl/α,β-unsaturated/α-hetero) is 1. The topological polar surface area (TPSA) is 83.6 Å². The highest BCUT2D eigenvalue weighted by Gasteiger charge is 2.41. The highest BCUT2D eigenvalue weighted by atomic mass is 32.2. The van der Waals surface area contributed by atoms with Gasteiger partial charge in [-0.1, -0.05) is 0 Å². The van der Waals surface area contributed by atoms with Gasteiger partial charge in [-0.2, -0.15) is 4.31 Å². The number of carbonyl (C=O) groups is 2. The predicted molar refractivity (Wildman–Crippen MR) is 76.6 cm³/mol. The van der Waals surface area contributed by atoms with Crippen molar-refractivity contribution in [3.63, 3.8) is 0 Å². The molecule has 3 rings (SSSR count). The Morgan fingerprint density at radius 2 is 1.95 bits per heavy atom. The first-order chi connectivity index (χ1) is 9.73. The maximum atomic E-state index is 12.7. The lowest BCUT2D eigenvalue weighted by Crippen LogP contribution is -2.42. The Morgan fingerprint density at radius 1 is 1.24 bits per heavy atom. The first-order valence-electron chi connectivity index (χ1n) is 6.76. The summed E-state index contributed by atoms with van der Waals surface area (Å²) in [7, 11) is -3.67. The Hall–Kier alpha value is -1.73. The van der Waals surface area contributed by atoms with E-state index in [0.29, 0.717) is 12.2 Å². The minimum absolute atomic E-state index is 0.0566. The van der Waals surface area contributed by atoms with Gasteiger partial charge in [0.25, 0.3) is 11.7 Å². The Bertz CT molecular complexity index is 752. The van der Waals surface area contributed by atoms with Gasteiger partial charge < -0.3 is 5.32 Å². The second kappa shape index (κ2) is 4.38. The summed E-state index contributed by atoms with van der Waals surface area (Å²) in [4.78, 5) is 23.1. The fraction of sp³-hybridized carbons (Fsp3) is 0.429. The molecule has 2 aliphatic heterocycles. The van der Waals surface area contributed by atoms with Crippen LogP contribution in [0.3, 0.4) is 0 Å². The molecule has 0 spiro atoms. The lowest BCUT2D eigenvalue weighted by atomic mass is 10.0. The Morgan fingerprint density at radius 3 is 2.57 bits per heavy atom. The lowest BCUT2D eigenvalue weighted by molar-refractivity contribution is -0.112. The molecule has 1 saturated heterocycles. The van der Waals surface area contributed by atoms with Crippen molar-refractivity contribution in [2.75, 3.05) is 11.9 Å². The minimum atomic E-state index is -3.67. The number of anilines is 1. The van der Waals surface area contributed by atoms with Gasteiger partial charge in [0.15, 0.2) is 0 Å². The van der Waals surface area contributed by atoms with Crippen molar-refractivity contribution < 1.29 is 18.0 Å². The van der Waals surface area contributed by atoms with E-state index in [-0.39, 0.29) is 10.5 Å². The van der Waals surface area contributed by atoms with Crippen molar-refractivity contribution in [3.05, 3.63) is 23.8 Å². The average molecular weight is 308 g/mol. The summed E-state index contributed by atoms with van der Waals surface area (Å²) >= 11 is 0. The van der Waals surface area contributed by atoms with Gasteiger partial charge in [0.1, 0.15) is 0 Å². The molecule has 6 nitrogen and oxygen atoms in total. The highest BCUT2D eigenvalue weighted by molar-refractivity contribution is 7.89. The van der Waals surface area contributed by atoms with Crippen LogP contribution in [0.15, 0.2) is 23.1 Å². The molecule has 1 N–H and O–H groups in total. The highest BCUT2D eigenvalue weighted by Crippen LogP contribution is 2.35. The molecule has 0 radical (unpaired) electrons. The van der Waals surface area contributed by atoms with Crippen LogP contribution in [0.2, 0.25) is 0 Å². The number of fused-ring (bicyclic) bond motifs is 1. The van der Waals surface area contributed by atoms with Crippen molar-refractivity contribution in [2.24, 2.45) is 0 Å². The Kier molecular flexibility index (Phi) is 2.97. The summed E-state index contributed by atoms with van der Waals surface area (Å²) in [6.45, 7) is 4.25. The molecule has 112 valence electrons. The van der Waals surface area contributed by atoms with Crippen molar-refractivity contribution in [1.29, 1.82) is 0 Å². The third kappa shape index (κ3) is 2.08. The number of hydrogen-bond donors (Lipinski definition) is 1. The molecule has 0 unspecified atom stereocenters. The van der Waals surface area contributed by atoms with Crippen molar-refractivity contribution >= 4 is 27.4 Å². The molecule has 0 aliphatic carbocycles. The zero-order valence-electron chi connectivity index (χ0n) is 11.8. The van der Waals surface area contributed by atoms with E-state index in [2.05, 4.69) is 5.32 Å². The van der Waals surface area contributed by atoms with Crippen LogP contribution in [-0.4, -0.2) is 36.5 Å². The Labute approximate surface area is 123 Å².